The minimum absolute atomic E-state index is 0.578. The zero-order valence-electron chi connectivity index (χ0n) is 11.8. The molecule has 1 aliphatic carbocycles. The fourth-order valence-electron chi connectivity index (χ4n) is 2.88. The van der Waals surface area contributed by atoms with Gasteiger partial charge in [-0.05, 0) is 19.3 Å². The van der Waals surface area contributed by atoms with Gasteiger partial charge in [-0.25, -0.2) is 4.98 Å². The lowest BCUT2D eigenvalue weighted by atomic mass is 10.2. The zero-order valence-corrected chi connectivity index (χ0v) is 11.8. The smallest absolute Gasteiger partial charge is 0.163 e. The number of hydrogen-bond acceptors (Lipinski definition) is 4. The summed E-state index contributed by atoms with van der Waals surface area (Å²) in [6, 6.07) is 6.23. The molecular weight excluding hydrogens is 266 g/mol. The van der Waals surface area contributed by atoms with Crippen LogP contribution in [0.25, 0.3) is 11.0 Å². The third-order valence-corrected chi connectivity index (χ3v) is 4.05. The second-order valence-electron chi connectivity index (χ2n) is 5.64. The number of aryl methyl sites for hydroxylation is 1. The van der Waals surface area contributed by atoms with E-state index in [1.54, 1.807) is 0 Å². The molecule has 0 unspecified atom stereocenters. The van der Waals surface area contributed by atoms with Crippen LogP contribution in [-0.2, 0) is 6.54 Å². The van der Waals surface area contributed by atoms with E-state index >= 15 is 0 Å². The first-order valence-electron chi connectivity index (χ1n) is 7.53. The predicted octanol–water partition coefficient (Wildman–Crippen LogP) is 2.99. The molecule has 1 saturated carbocycles. The van der Waals surface area contributed by atoms with Crippen molar-refractivity contribution in [1.82, 2.24) is 9.55 Å². The van der Waals surface area contributed by atoms with Crippen molar-refractivity contribution in [2.24, 2.45) is 0 Å². The molecule has 4 rings (SSSR count). The third kappa shape index (κ3) is 2.21. The maximum Gasteiger partial charge on any atom is 0.163 e. The van der Waals surface area contributed by atoms with E-state index in [1.807, 2.05) is 12.1 Å². The molecule has 2 aromatic rings. The van der Waals surface area contributed by atoms with E-state index in [2.05, 4.69) is 10.6 Å². The number of rotatable bonds is 4. The Bertz CT molecular complexity index is 725. The number of aromatic nitrogens is 2. The summed E-state index contributed by atoms with van der Waals surface area (Å²) in [5.41, 5.74) is 2.07. The lowest BCUT2D eigenvalue weighted by Gasteiger charge is -2.18. The molecule has 21 heavy (non-hydrogen) atoms. The number of ether oxygens (including phenoxy) is 2. The molecule has 0 spiro atoms. The monoisotopic (exact) mass is 283 g/mol. The maximum absolute atomic E-state index is 8.75. The first-order valence-corrected chi connectivity index (χ1v) is 7.53. The molecular formula is C16H17N3O2. The molecule has 0 bridgehead atoms. The van der Waals surface area contributed by atoms with Gasteiger partial charge in [-0.2, -0.15) is 5.26 Å². The standard InChI is InChI=1S/C16H17N3O2/c17-5-1-2-6-19-13-10-15-14(20-7-8-21-15)9-12(13)18-16(19)11-3-4-11/h9-11H,1-4,6-8H2. The van der Waals surface area contributed by atoms with Gasteiger partial charge in [-0.3, -0.25) is 0 Å². The summed E-state index contributed by atoms with van der Waals surface area (Å²) >= 11 is 0. The summed E-state index contributed by atoms with van der Waals surface area (Å²) in [5, 5.41) is 8.75. The van der Waals surface area contributed by atoms with Gasteiger partial charge in [0.25, 0.3) is 0 Å². The zero-order chi connectivity index (χ0) is 14.2. The summed E-state index contributed by atoms with van der Waals surface area (Å²) in [6.45, 7) is 2.03. The van der Waals surface area contributed by atoms with Gasteiger partial charge < -0.3 is 14.0 Å². The van der Waals surface area contributed by atoms with Crippen molar-refractivity contribution >= 4 is 11.0 Å². The number of nitrogens with zero attached hydrogens (tertiary/aromatic N) is 3. The van der Waals surface area contributed by atoms with E-state index in [-0.39, 0.29) is 0 Å². The Morgan fingerprint density at radius 2 is 2.00 bits per heavy atom. The Kier molecular flexibility index (Phi) is 2.95. The van der Waals surface area contributed by atoms with Crippen LogP contribution in [0.1, 0.15) is 37.4 Å². The number of nitriles is 1. The highest BCUT2D eigenvalue weighted by atomic mass is 16.6. The molecule has 108 valence electrons. The number of imidazole rings is 1. The van der Waals surface area contributed by atoms with Gasteiger partial charge in [0.15, 0.2) is 11.5 Å². The van der Waals surface area contributed by atoms with Gasteiger partial charge >= 0.3 is 0 Å². The Morgan fingerprint density at radius 1 is 1.24 bits per heavy atom. The second-order valence-corrected chi connectivity index (χ2v) is 5.64. The first kappa shape index (κ1) is 12.5. The molecule has 1 aromatic heterocycles. The fraction of sp³-hybridized carbons (Fsp3) is 0.500. The van der Waals surface area contributed by atoms with E-state index < -0.39 is 0 Å². The van der Waals surface area contributed by atoms with Gasteiger partial charge in [0.05, 0.1) is 17.1 Å². The van der Waals surface area contributed by atoms with Crippen LogP contribution in [-0.4, -0.2) is 22.8 Å². The van der Waals surface area contributed by atoms with Crippen molar-refractivity contribution in [2.45, 2.75) is 38.1 Å². The van der Waals surface area contributed by atoms with E-state index in [0.717, 1.165) is 41.3 Å². The molecule has 0 atom stereocenters. The Morgan fingerprint density at radius 3 is 2.71 bits per heavy atom. The van der Waals surface area contributed by atoms with Crippen molar-refractivity contribution in [2.75, 3.05) is 13.2 Å². The molecule has 1 aliphatic heterocycles. The topological polar surface area (TPSA) is 60.1 Å². The second kappa shape index (κ2) is 4.96. The maximum atomic E-state index is 8.75. The minimum atomic E-state index is 0.578. The van der Waals surface area contributed by atoms with Crippen molar-refractivity contribution < 1.29 is 9.47 Å². The highest BCUT2D eigenvalue weighted by Crippen LogP contribution is 2.42. The minimum Gasteiger partial charge on any atom is -0.486 e. The van der Waals surface area contributed by atoms with Crippen LogP contribution < -0.4 is 9.47 Å². The summed E-state index contributed by atoms with van der Waals surface area (Å²) in [7, 11) is 0. The van der Waals surface area contributed by atoms with Gasteiger partial charge in [0.1, 0.15) is 19.0 Å². The molecule has 2 heterocycles. The van der Waals surface area contributed by atoms with Crippen molar-refractivity contribution in [1.29, 1.82) is 5.26 Å². The molecule has 0 radical (unpaired) electrons. The van der Waals surface area contributed by atoms with Crippen LogP contribution in [0.5, 0.6) is 11.5 Å². The SMILES string of the molecule is N#CCCCn1c(C2CC2)nc2cc3c(cc21)OCCO3. The number of hydrogen-bond donors (Lipinski definition) is 0. The number of fused-ring (bicyclic) bond motifs is 2. The normalized spacial score (nSPS) is 16.9. The average Bonchev–Trinajstić information content (AvgIpc) is 3.29. The Balaban J connectivity index is 1.79. The summed E-state index contributed by atoms with van der Waals surface area (Å²) in [4.78, 5) is 4.81. The van der Waals surface area contributed by atoms with E-state index in [9.17, 15) is 0 Å². The first-order chi connectivity index (χ1) is 10.4. The molecule has 2 aliphatic rings. The Hall–Kier alpha value is -2.22. The van der Waals surface area contributed by atoms with Crippen LogP contribution in [0.15, 0.2) is 12.1 Å². The van der Waals surface area contributed by atoms with Crippen LogP contribution in [0.2, 0.25) is 0 Å². The fourth-order valence-corrected chi connectivity index (χ4v) is 2.88. The average molecular weight is 283 g/mol. The van der Waals surface area contributed by atoms with E-state index in [0.29, 0.717) is 25.6 Å². The number of unbranched alkanes of at least 4 members (excludes halogenated alkanes) is 1. The van der Waals surface area contributed by atoms with Gasteiger partial charge in [-0.15, -0.1) is 0 Å². The summed E-state index contributed by atoms with van der Waals surface area (Å²) in [6.07, 6.45) is 3.87. The van der Waals surface area contributed by atoms with Crippen LogP contribution >= 0.6 is 0 Å². The summed E-state index contributed by atoms with van der Waals surface area (Å²) in [5.74, 6) is 3.33. The quantitative estimate of drug-likeness (QED) is 0.809. The van der Waals surface area contributed by atoms with Gasteiger partial charge in [-0.1, -0.05) is 0 Å². The molecule has 5 nitrogen and oxygen atoms in total. The predicted molar refractivity (Wildman–Crippen MR) is 77.5 cm³/mol. The molecule has 0 saturated heterocycles. The van der Waals surface area contributed by atoms with Crippen LogP contribution in [0.4, 0.5) is 0 Å². The lowest BCUT2D eigenvalue weighted by Crippen LogP contribution is -2.15. The van der Waals surface area contributed by atoms with Gasteiger partial charge in [0.2, 0.25) is 0 Å². The van der Waals surface area contributed by atoms with E-state index in [4.69, 9.17) is 19.7 Å². The molecule has 1 aromatic carbocycles. The van der Waals surface area contributed by atoms with Crippen LogP contribution in [0.3, 0.4) is 0 Å². The molecule has 0 amide bonds. The number of benzene rings is 1. The molecule has 5 heteroatoms. The van der Waals surface area contributed by atoms with E-state index in [1.165, 1.54) is 12.8 Å². The Labute approximate surface area is 123 Å². The van der Waals surface area contributed by atoms with Crippen LogP contribution in [0, 0.1) is 11.3 Å². The molecule has 1 fully saturated rings. The van der Waals surface area contributed by atoms with Gasteiger partial charge in [0, 0.05) is 31.0 Å². The largest absolute Gasteiger partial charge is 0.486 e. The highest BCUT2D eigenvalue weighted by molar-refractivity contribution is 5.81. The lowest BCUT2D eigenvalue weighted by molar-refractivity contribution is 0.172. The highest BCUT2D eigenvalue weighted by Gasteiger charge is 2.30. The third-order valence-electron chi connectivity index (χ3n) is 4.05. The molecule has 0 N–H and O–H groups in total. The van der Waals surface area contributed by atoms with Crippen molar-refractivity contribution in [3.05, 3.63) is 18.0 Å². The van der Waals surface area contributed by atoms with Crippen molar-refractivity contribution in [3.8, 4) is 17.6 Å². The van der Waals surface area contributed by atoms with Crippen molar-refractivity contribution in [3.63, 3.8) is 0 Å². The summed E-state index contributed by atoms with van der Waals surface area (Å²) < 4.78 is 13.6.